The number of methoxy groups -OCH3 is 2. The number of anilines is 2. The Morgan fingerprint density at radius 1 is 0.968 bits per heavy atom. The van der Waals surface area contributed by atoms with Crippen LogP contribution in [0.3, 0.4) is 0 Å². The van der Waals surface area contributed by atoms with Gasteiger partial charge in [0.15, 0.2) is 5.60 Å². The maximum Gasteiger partial charge on any atom is 0.268 e. The van der Waals surface area contributed by atoms with E-state index in [1.54, 1.807) is 66.7 Å². The molecule has 0 spiro atoms. The molecule has 1 atom stereocenters. The van der Waals surface area contributed by atoms with Crippen molar-refractivity contribution in [1.82, 2.24) is 0 Å². The number of nitrogens with zero attached hydrogens (tertiary/aromatic N) is 1. The molecule has 7 heteroatoms. The van der Waals surface area contributed by atoms with Gasteiger partial charge in [-0.2, -0.15) is 0 Å². The lowest BCUT2D eigenvalue weighted by Crippen LogP contribution is -2.44. The smallest absolute Gasteiger partial charge is 0.268 e. The summed E-state index contributed by atoms with van der Waals surface area (Å²) in [5, 5.41) is 14.2. The Kier molecular flexibility index (Phi) is 5.35. The van der Waals surface area contributed by atoms with Crippen LogP contribution in [-0.2, 0) is 15.2 Å². The number of fused-ring (bicyclic) bond motifs is 1. The topological polar surface area (TPSA) is 88.1 Å². The van der Waals surface area contributed by atoms with Crippen LogP contribution in [0.2, 0.25) is 0 Å². The predicted molar refractivity (Wildman–Crippen MR) is 116 cm³/mol. The van der Waals surface area contributed by atoms with Crippen LogP contribution in [0.25, 0.3) is 0 Å². The van der Waals surface area contributed by atoms with Crippen molar-refractivity contribution >= 4 is 23.2 Å². The maximum atomic E-state index is 13.3. The van der Waals surface area contributed by atoms with E-state index in [2.05, 4.69) is 5.32 Å². The molecule has 0 bridgehead atoms. The minimum Gasteiger partial charge on any atom is -0.497 e. The van der Waals surface area contributed by atoms with Crippen LogP contribution in [0.4, 0.5) is 11.4 Å². The van der Waals surface area contributed by atoms with Crippen molar-refractivity contribution in [2.24, 2.45) is 0 Å². The highest BCUT2D eigenvalue weighted by Gasteiger charge is 2.51. The van der Waals surface area contributed by atoms with Gasteiger partial charge in [0.25, 0.3) is 5.91 Å². The van der Waals surface area contributed by atoms with E-state index >= 15 is 0 Å². The largest absolute Gasteiger partial charge is 0.497 e. The number of benzene rings is 3. The summed E-state index contributed by atoms with van der Waals surface area (Å²) in [5.41, 5.74) is 0.0174. The van der Waals surface area contributed by atoms with Gasteiger partial charge >= 0.3 is 0 Å². The Morgan fingerprint density at radius 2 is 1.58 bits per heavy atom. The molecule has 0 aromatic heterocycles. The van der Waals surface area contributed by atoms with Crippen LogP contribution >= 0.6 is 0 Å². The summed E-state index contributed by atoms with van der Waals surface area (Å²) >= 11 is 0. The van der Waals surface area contributed by atoms with E-state index in [0.717, 1.165) is 0 Å². The summed E-state index contributed by atoms with van der Waals surface area (Å²) in [6, 6.07) is 20.7. The lowest BCUT2D eigenvalue weighted by atomic mass is 9.88. The van der Waals surface area contributed by atoms with E-state index in [4.69, 9.17) is 9.47 Å². The summed E-state index contributed by atoms with van der Waals surface area (Å²) in [7, 11) is 3.04. The van der Waals surface area contributed by atoms with Crippen LogP contribution in [0.1, 0.15) is 11.1 Å². The number of hydrogen-bond donors (Lipinski definition) is 2. The second kappa shape index (κ2) is 8.12. The molecule has 0 radical (unpaired) electrons. The minimum absolute atomic E-state index is 0.259. The zero-order valence-electron chi connectivity index (χ0n) is 17.2. The average molecular weight is 418 g/mol. The molecule has 0 unspecified atom stereocenters. The number of amides is 2. The fourth-order valence-electron chi connectivity index (χ4n) is 3.77. The van der Waals surface area contributed by atoms with Crippen LogP contribution in [0, 0.1) is 0 Å². The molecule has 1 aliphatic rings. The van der Waals surface area contributed by atoms with Gasteiger partial charge in [-0.1, -0.05) is 48.5 Å². The molecule has 2 N–H and O–H groups in total. The molecule has 158 valence electrons. The highest BCUT2D eigenvalue weighted by Crippen LogP contribution is 2.44. The molecular weight excluding hydrogens is 396 g/mol. The molecule has 31 heavy (non-hydrogen) atoms. The molecule has 4 rings (SSSR count). The van der Waals surface area contributed by atoms with Gasteiger partial charge in [0, 0.05) is 29.4 Å². The van der Waals surface area contributed by atoms with Crippen molar-refractivity contribution in [2.45, 2.75) is 5.60 Å². The summed E-state index contributed by atoms with van der Waals surface area (Å²) in [6.45, 7) is -0.259. The van der Waals surface area contributed by atoms with E-state index < -0.39 is 17.4 Å². The molecular formula is C24H22N2O5. The molecule has 7 nitrogen and oxygen atoms in total. The number of ether oxygens (including phenoxy) is 2. The van der Waals surface area contributed by atoms with Gasteiger partial charge in [-0.15, -0.1) is 0 Å². The summed E-state index contributed by atoms with van der Waals surface area (Å²) in [6.07, 6.45) is 0. The monoisotopic (exact) mass is 418 g/mol. The minimum atomic E-state index is -1.85. The first-order valence-electron chi connectivity index (χ1n) is 9.69. The number of rotatable bonds is 6. The zero-order valence-corrected chi connectivity index (χ0v) is 17.2. The quantitative estimate of drug-likeness (QED) is 0.643. The van der Waals surface area contributed by atoms with E-state index in [1.165, 1.54) is 19.1 Å². The molecule has 0 saturated heterocycles. The van der Waals surface area contributed by atoms with Gasteiger partial charge < -0.3 is 19.9 Å². The molecule has 3 aromatic rings. The summed E-state index contributed by atoms with van der Waals surface area (Å²) in [5.74, 6) is 0.0560. The van der Waals surface area contributed by atoms with Crippen LogP contribution in [0.15, 0.2) is 72.8 Å². The Morgan fingerprint density at radius 3 is 2.23 bits per heavy atom. The normalized spacial score (nSPS) is 17.3. The summed E-state index contributed by atoms with van der Waals surface area (Å²) in [4.78, 5) is 27.4. The predicted octanol–water partition coefficient (Wildman–Crippen LogP) is 2.93. The molecule has 2 amide bonds. The second-order valence-corrected chi connectivity index (χ2v) is 7.13. The molecule has 0 aliphatic carbocycles. The molecule has 3 aromatic carbocycles. The zero-order chi connectivity index (χ0) is 22.0. The van der Waals surface area contributed by atoms with Gasteiger partial charge in [-0.05, 0) is 11.6 Å². The Hall–Kier alpha value is -3.84. The molecule has 1 heterocycles. The average Bonchev–Trinajstić information content (AvgIpc) is 3.02. The van der Waals surface area contributed by atoms with E-state index in [1.807, 2.05) is 6.07 Å². The molecule has 1 aliphatic heterocycles. The fourth-order valence-corrected chi connectivity index (χ4v) is 3.77. The van der Waals surface area contributed by atoms with E-state index in [-0.39, 0.29) is 6.54 Å². The first kappa shape index (κ1) is 20.4. The fraction of sp³-hybridized carbons (Fsp3) is 0.167. The van der Waals surface area contributed by atoms with Crippen molar-refractivity contribution in [1.29, 1.82) is 0 Å². The van der Waals surface area contributed by atoms with E-state index in [9.17, 15) is 14.7 Å². The standard InChI is InChI=1S/C24H22N2O5/c1-30-18-12-17(13-19(14-18)31-2)25-22(27)15-26-21-11-7-6-10-20(21)24(29,23(26)28)16-8-4-3-5-9-16/h3-14,29H,15H2,1-2H3,(H,25,27)/t24-/m1/s1. The van der Waals surface area contributed by atoms with Crippen molar-refractivity contribution in [3.05, 3.63) is 83.9 Å². The number of carbonyl (C=O) groups excluding carboxylic acids is 2. The molecule has 0 fully saturated rings. The van der Waals surface area contributed by atoms with Crippen LogP contribution < -0.4 is 19.7 Å². The third-order valence-electron chi connectivity index (χ3n) is 5.27. The van der Waals surface area contributed by atoms with Crippen molar-refractivity contribution in [2.75, 3.05) is 31.0 Å². The second-order valence-electron chi connectivity index (χ2n) is 7.13. The lowest BCUT2D eigenvalue weighted by Gasteiger charge is -2.23. The number of aliphatic hydroxyl groups is 1. The summed E-state index contributed by atoms with van der Waals surface area (Å²) < 4.78 is 10.4. The van der Waals surface area contributed by atoms with Gasteiger partial charge in [0.2, 0.25) is 5.91 Å². The Labute approximate surface area is 179 Å². The lowest BCUT2D eigenvalue weighted by molar-refractivity contribution is -0.133. The van der Waals surface area contributed by atoms with Crippen molar-refractivity contribution in [3.8, 4) is 11.5 Å². The van der Waals surface area contributed by atoms with E-state index in [0.29, 0.717) is 34.0 Å². The first-order chi connectivity index (χ1) is 15.0. The first-order valence-corrected chi connectivity index (χ1v) is 9.69. The molecule has 0 saturated carbocycles. The maximum absolute atomic E-state index is 13.3. The van der Waals surface area contributed by atoms with Crippen molar-refractivity contribution < 1.29 is 24.2 Å². The third-order valence-corrected chi connectivity index (χ3v) is 5.27. The van der Waals surface area contributed by atoms with Crippen LogP contribution in [-0.4, -0.2) is 37.7 Å². The Bertz CT molecular complexity index is 1110. The number of nitrogens with one attached hydrogen (secondary N) is 1. The Balaban J connectivity index is 1.62. The van der Waals surface area contributed by atoms with Gasteiger partial charge in [0.05, 0.1) is 19.9 Å². The third kappa shape index (κ3) is 3.60. The number of carbonyl (C=O) groups is 2. The van der Waals surface area contributed by atoms with Crippen molar-refractivity contribution in [3.63, 3.8) is 0 Å². The van der Waals surface area contributed by atoms with Gasteiger partial charge in [-0.3, -0.25) is 14.5 Å². The highest BCUT2D eigenvalue weighted by molar-refractivity contribution is 6.12. The highest BCUT2D eigenvalue weighted by atomic mass is 16.5. The SMILES string of the molecule is COc1cc(NC(=O)CN2C(=O)[C@@](O)(c3ccccc3)c3ccccc32)cc(OC)c1. The van der Waals surface area contributed by atoms with Gasteiger partial charge in [0.1, 0.15) is 18.0 Å². The van der Waals surface area contributed by atoms with Crippen LogP contribution in [0.5, 0.6) is 11.5 Å². The van der Waals surface area contributed by atoms with Gasteiger partial charge in [-0.25, -0.2) is 0 Å². The number of para-hydroxylation sites is 1. The number of hydrogen-bond acceptors (Lipinski definition) is 5.